The van der Waals surface area contributed by atoms with Gasteiger partial charge in [0.1, 0.15) is 11.4 Å². The monoisotopic (exact) mass is 227 g/mol. The van der Waals surface area contributed by atoms with Crippen molar-refractivity contribution < 1.29 is 18.3 Å². The van der Waals surface area contributed by atoms with Gasteiger partial charge in [0.15, 0.2) is 5.78 Å². The van der Waals surface area contributed by atoms with E-state index in [4.69, 9.17) is 0 Å². The summed E-state index contributed by atoms with van der Waals surface area (Å²) >= 11 is 0. The van der Waals surface area contributed by atoms with E-state index in [2.05, 4.69) is 9.72 Å². The number of carbonyl (C=O) groups is 1. The number of nitrogens with zero attached hydrogens (tertiary/aromatic N) is 1. The Morgan fingerprint density at radius 3 is 2.88 bits per heavy atom. The summed E-state index contributed by atoms with van der Waals surface area (Å²) in [6, 6.07) is 1.45. The van der Waals surface area contributed by atoms with Crippen LogP contribution in [0.5, 0.6) is 5.75 Å². The van der Waals surface area contributed by atoms with E-state index in [-0.39, 0.29) is 11.5 Å². The number of halogens is 2. The van der Waals surface area contributed by atoms with E-state index in [0.717, 1.165) is 0 Å². The molecule has 16 heavy (non-hydrogen) atoms. The Labute approximate surface area is 91.4 Å². The van der Waals surface area contributed by atoms with Crippen molar-refractivity contribution in [2.75, 3.05) is 0 Å². The van der Waals surface area contributed by atoms with Crippen molar-refractivity contribution in [3.8, 4) is 5.75 Å². The van der Waals surface area contributed by atoms with Crippen LogP contribution in [-0.4, -0.2) is 17.4 Å². The van der Waals surface area contributed by atoms with E-state index in [1.807, 2.05) is 0 Å². The highest BCUT2D eigenvalue weighted by Crippen LogP contribution is 2.30. The van der Waals surface area contributed by atoms with E-state index in [1.54, 1.807) is 6.92 Å². The van der Waals surface area contributed by atoms with Crippen LogP contribution in [0.25, 0.3) is 0 Å². The summed E-state index contributed by atoms with van der Waals surface area (Å²) < 4.78 is 28.8. The molecule has 1 aromatic rings. The molecule has 1 heterocycles. The van der Waals surface area contributed by atoms with Gasteiger partial charge in [-0.05, 0) is 19.8 Å². The van der Waals surface area contributed by atoms with Crippen molar-refractivity contribution in [3.05, 3.63) is 23.0 Å². The molecule has 1 aliphatic rings. The van der Waals surface area contributed by atoms with Crippen LogP contribution < -0.4 is 4.74 Å². The van der Waals surface area contributed by atoms with Crippen LogP contribution in [0.2, 0.25) is 0 Å². The van der Waals surface area contributed by atoms with Gasteiger partial charge in [-0.1, -0.05) is 0 Å². The number of carbonyl (C=O) groups excluding carboxylic acids is 1. The van der Waals surface area contributed by atoms with Crippen LogP contribution in [0.3, 0.4) is 0 Å². The third-order valence-corrected chi connectivity index (χ3v) is 2.52. The van der Waals surface area contributed by atoms with E-state index in [0.29, 0.717) is 36.2 Å². The van der Waals surface area contributed by atoms with Crippen molar-refractivity contribution >= 4 is 5.78 Å². The number of ketones is 1. The number of rotatable bonds is 2. The third-order valence-electron chi connectivity index (χ3n) is 2.52. The Morgan fingerprint density at radius 2 is 2.19 bits per heavy atom. The first-order chi connectivity index (χ1) is 7.58. The SMILES string of the molecule is Cc1cc(OC(F)F)c2c(n1)C(=O)CCC2. The number of fused-ring (bicyclic) bond motifs is 1. The first-order valence-electron chi connectivity index (χ1n) is 5.06. The van der Waals surface area contributed by atoms with Crippen molar-refractivity contribution in [2.45, 2.75) is 32.8 Å². The Bertz CT molecular complexity index is 432. The van der Waals surface area contributed by atoms with Crippen molar-refractivity contribution in [1.29, 1.82) is 0 Å². The second kappa shape index (κ2) is 4.15. The highest BCUT2D eigenvalue weighted by atomic mass is 19.3. The number of hydrogen-bond donors (Lipinski definition) is 0. The lowest BCUT2D eigenvalue weighted by Crippen LogP contribution is -2.16. The number of pyridine rings is 1. The van der Waals surface area contributed by atoms with Crippen molar-refractivity contribution in [1.82, 2.24) is 4.98 Å². The maximum Gasteiger partial charge on any atom is 0.387 e. The van der Waals surface area contributed by atoms with Gasteiger partial charge in [0.2, 0.25) is 0 Å². The molecule has 0 aliphatic heterocycles. The van der Waals surface area contributed by atoms with Gasteiger partial charge in [0, 0.05) is 23.7 Å². The zero-order valence-electron chi connectivity index (χ0n) is 8.80. The topological polar surface area (TPSA) is 39.2 Å². The summed E-state index contributed by atoms with van der Waals surface area (Å²) in [5.74, 6) is -0.00498. The zero-order valence-corrected chi connectivity index (χ0v) is 8.80. The smallest absolute Gasteiger partial charge is 0.387 e. The largest absolute Gasteiger partial charge is 0.434 e. The highest BCUT2D eigenvalue weighted by Gasteiger charge is 2.24. The fourth-order valence-corrected chi connectivity index (χ4v) is 1.89. The summed E-state index contributed by atoms with van der Waals surface area (Å²) in [6.07, 6.45) is 1.66. The standard InChI is InChI=1S/C11H11F2NO2/c1-6-5-9(16-11(12)13)7-3-2-4-8(15)10(7)14-6/h5,11H,2-4H2,1H3. The minimum atomic E-state index is -2.87. The van der Waals surface area contributed by atoms with Gasteiger partial charge >= 0.3 is 6.61 Å². The minimum Gasteiger partial charge on any atom is -0.434 e. The molecule has 2 rings (SSSR count). The van der Waals surface area contributed by atoms with Gasteiger partial charge in [0.25, 0.3) is 0 Å². The number of aryl methyl sites for hydroxylation is 1. The number of alkyl halides is 2. The van der Waals surface area contributed by atoms with Gasteiger partial charge in [-0.3, -0.25) is 4.79 Å². The first kappa shape index (κ1) is 11.0. The van der Waals surface area contributed by atoms with Gasteiger partial charge in [-0.25, -0.2) is 4.98 Å². The maximum atomic E-state index is 12.2. The summed E-state index contributed by atoms with van der Waals surface area (Å²) in [5.41, 5.74) is 1.33. The Hall–Kier alpha value is -1.52. The van der Waals surface area contributed by atoms with Gasteiger partial charge in [0.05, 0.1) is 0 Å². The molecular formula is C11H11F2NO2. The molecule has 0 saturated carbocycles. The van der Waals surface area contributed by atoms with Crippen LogP contribution in [0.1, 0.15) is 34.6 Å². The van der Waals surface area contributed by atoms with Crippen molar-refractivity contribution in [3.63, 3.8) is 0 Å². The number of Topliss-reactive ketones (excluding diaryl/α,β-unsaturated/α-hetero) is 1. The second-order valence-corrected chi connectivity index (χ2v) is 3.74. The average Bonchev–Trinajstić information content (AvgIpc) is 2.18. The number of hydrogen-bond acceptors (Lipinski definition) is 3. The quantitative estimate of drug-likeness (QED) is 0.779. The summed E-state index contributed by atoms with van der Waals surface area (Å²) in [6.45, 7) is -1.22. The summed E-state index contributed by atoms with van der Waals surface area (Å²) in [5, 5.41) is 0. The van der Waals surface area contributed by atoms with Crippen LogP contribution in [0, 0.1) is 6.92 Å². The lowest BCUT2D eigenvalue weighted by Gasteiger charge is -2.18. The Kier molecular flexibility index (Phi) is 2.85. The lowest BCUT2D eigenvalue weighted by molar-refractivity contribution is -0.0506. The fourth-order valence-electron chi connectivity index (χ4n) is 1.89. The Morgan fingerprint density at radius 1 is 1.44 bits per heavy atom. The van der Waals surface area contributed by atoms with Gasteiger partial charge < -0.3 is 4.74 Å². The number of aromatic nitrogens is 1. The third kappa shape index (κ3) is 2.03. The molecule has 0 bridgehead atoms. The summed E-state index contributed by atoms with van der Waals surface area (Å²) in [7, 11) is 0. The van der Waals surface area contributed by atoms with E-state index in [9.17, 15) is 13.6 Å². The normalized spacial score (nSPS) is 15.1. The first-order valence-corrected chi connectivity index (χ1v) is 5.06. The van der Waals surface area contributed by atoms with Crippen LogP contribution in [0.15, 0.2) is 6.07 Å². The molecule has 0 radical (unpaired) electrons. The zero-order chi connectivity index (χ0) is 11.7. The molecule has 0 spiro atoms. The maximum absolute atomic E-state index is 12.2. The predicted molar refractivity (Wildman–Crippen MR) is 52.9 cm³/mol. The van der Waals surface area contributed by atoms with Crippen LogP contribution in [0.4, 0.5) is 8.78 Å². The molecule has 0 atom stereocenters. The molecule has 0 unspecified atom stereocenters. The highest BCUT2D eigenvalue weighted by molar-refractivity contribution is 5.97. The Balaban J connectivity index is 2.48. The molecule has 1 aliphatic carbocycles. The van der Waals surface area contributed by atoms with Gasteiger partial charge in [-0.2, -0.15) is 8.78 Å². The van der Waals surface area contributed by atoms with Crippen LogP contribution in [-0.2, 0) is 6.42 Å². The molecule has 0 aromatic carbocycles. The fraction of sp³-hybridized carbons (Fsp3) is 0.455. The van der Waals surface area contributed by atoms with Gasteiger partial charge in [-0.15, -0.1) is 0 Å². The average molecular weight is 227 g/mol. The second-order valence-electron chi connectivity index (χ2n) is 3.74. The van der Waals surface area contributed by atoms with E-state index in [1.165, 1.54) is 6.07 Å². The molecule has 0 saturated heterocycles. The molecule has 0 fully saturated rings. The molecule has 86 valence electrons. The van der Waals surface area contributed by atoms with E-state index >= 15 is 0 Å². The molecule has 1 aromatic heterocycles. The summed E-state index contributed by atoms with van der Waals surface area (Å²) in [4.78, 5) is 15.7. The molecule has 5 heteroatoms. The predicted octanol–water partition coefficient (Wildman–Crippen LogP) is 2.51. The van der Waals surface area contributed by atoms with E-state index < -0.39 is 6.61 Å². The van der Waals surface area contributed by atoms with Crippen LogP contribution >= 0.6 is 0 Å². The minimum absolute atomic E-state index is 0.0885. The molecule has 3 nitrogen and oxygen atoms in total. The van der Waals surface area contributed by atoms with Crippen molar-refractivity contribution in [2.24, 2.45) is 0 Å². The molecular weight excluding hydrogens is 216 g/mol. The molecule has 0 N–H and O–H groups in total. The molecule has 0 amide bonds. The number of ether oxygens (including phenoxy) is 1. The lowest BCUT2D eigenvalue weighted by atomic mass is 9.94.